The first kappa shape index (κ1) is 11.0. The van der Waals surface area contributed by atoms with E-state index in [1.165, 1.54) is 6.92 Å². The van der Waals surface area contributed by atoms with E-state index in [1.807, 2.05) is 0 Å². The van der Waals surface area contributed by atoms with Gasteiger partial charge in [0.15, 0.2) is 6.61 Å². The van der Waals surface area contributed by atoms with Crippen LogP contribution in [0.2, 0.25) is 0 Å². The predicted octanol–water partition coefficient (Wildman–Crippen LogP) is 2.11. The number of hydrogen-bond acceptors (Lipinski definition) is 4. The Labute approximate surface area is 72.6 Å². The third kappa shape index (κ3) is 3.64. The van der Waals surface area contributed by atoms with Gasteiger partial charge < -0.3 is 0 Å². The van der Waals surface area contributed by atoms with Crippen LogP contribution in [0.3, 0.4) is 0 Å². The lowest BCUT2D eigenvalue weighted by molar-refractivity contribution is -0.157. The van der Waals surface area contributed by atoms with Crippen molar-refractivity contribution in [2.45, 2.75) is 19.2 Å². The van der Waals surface area contributed by atoms with Crippen molar-refractivity contribution in [1.29, 1.82) is 0 Å². The van der Waals surface area contributed by atoms with E-state index >= 15 is 0 Å². The first-order chi connectivity index (χ1) is 5.81. The Balaban J connectivity index is 2.41. The summed E-state index contributed by atoms with van der Waals surface area (Å²) in [7, 11) is -3.94. The zero-order valence-corrected chi connectivity index (χ0v) is 7.60. The molecule has 1 rings (SSSR count). The molecule has 0 aliphatic carbocycles. The molecule has 2 unspecified atom stereocenters. The van der Waals surface area contributed by atoms with E-state index in [0.29, 0.717) is 0 Å². The van der Waals surface area contributed by atoms with Crippen LogP contribution >= 0.6 is 7.82 Å². The van der Waals surface area contributed by atoms with Gasteiger partial charge >= 0.3 is 14.0 Å². The topological polar surface area (TPSA) is 44.8 Å². The predicted molar refractivity (Wildman–Crippen MR) is 36.1 cm³/mol. The summed E-state index contributed by atoms with van der Waals surface area (Å²) in [6, 6.07) is 0. The summed E-state index contributed by atoms with van der Waals surface area (Å²) in [5, 5.41) is 0. The molecular weight excluding hydrogens is 212 g/mol. The van der Waals surface area contributed by atoms with Gasteiger partial charge in [-0.1, -0.05) is 0 Å². The van der Waals surface area contributed by atoms with Gasteiger partial charge in [0.05, 0.1) is 12.7 Å². The van der Waals surface area contributed by atoms with Gasteiger partial charge in [-0.15, -0.1) is 0 Å². The number of alkyl halides is 3. The van der Waals surface area contributed by atoms with Crippen LogP contribution in [-0.2, 0) is 18.1 Å². The Morgan fingerprint density at radius 2 is 2.23 bits per heavy atom. The molecule has 0 spiro atoms. The SMILES string of the molecule is CC1COP(=O)(OCC(F)(F)F)O1. The first-order valence-electron chi connectivity index (χ1n) is 3.45. The molecule has 0 aromatic rings. The third-order valence-electron chi connectivity index (χ3n) is 1.16. The van der Waals surface area contributed by atoms with E-state index < -0.39 is 26.7 Å². The zero-order valence-electron chi connectivity index (χ0n) is 6.71. The lowest BCUT2D eigenvalue weighted by Crippen LogP contribution is -2.16. The molecule has 1 heterocycles. The molecule has 0 radical (unpaired) electrons. The molecule has 0 aromatic heterocycles. The van der Waals surface area contributed by atoms with Gasteiger partial charge in [-0.2, -0.15) is 13.2 Å². The van der Waals surface area contributed by atoms with E-state index in [9.17, 15) is 17.7 Å². The molecular formula is C5H8F3O4P. The van der Waals surface area contributed by atoms with Gasteiger partial charge in [0.25, 0.3) is 0 Å². The molecule has 0 aromatic carbocycles. The quantitative estimate of drug-likeness (QED) is 0.668. The second kappa shape index (κ2) is 3.57. The molecule has 1 aliphatic heterocycles. The molecule has 0 amide bonds. The van der Waals surface area contributed by atoms with Crippen LogP contribution in [0.4, 0.5) is 13.2 Å². The molecule has 1 fully saturated rings. The van der Waals surface area contributed by atoms with Gasteiger partial charge in [-0.05, 0) is 6.92 Å². The molecule has 2 atom stereocenters. The van der Waals surface area contributed by atoms with Gasteiger partial charge in [-0.25, -0.2) is 4.57 Å². The van der Waals surface area contributed by atoms with Crippen molar-refractivity contribution in [2.75, 3.05) is 13.2 Å². The minimum atomic E-state index is -4.53. The van der Waals surface area contributed by atoms with Gasteiger partial charge in [-0.3, -0.25) is 13.6 Å². The summed E-state index contributed by atoms with van der Waals surface area (Å²) >= 11 is 0. The highest BCUT2D eigenvalue weighted by Gasteiger charge is 2.40. The number of phosphoric ester groups is 1. The number of hydrogen-bond donors (Lipinski definition) is 0. The van der Waals surface area contributed by atoms with Crippen molar-refractivity contribution in [3.05, 3.63) is 0 Å². The second-order valence-corrected chi connectivity index (χ2v) is 4.17. The van der Waals surface area contributed by atoms with Crippen LogP contribution in [0.15, 0.2) is 0 Å². The summed E-state index contributed by atoms with van der Waals surface area (Å²) in [6.45, 7) is -0.122. The van der Waals surface area contributed by atoms with Gasteiger partial charge in [0, 0.05) is 0 Å². The maximum Gasteiger partial charge on any atom is 0.475 e. The monoisotopic (exact) mass is 220 g/mol. The van der Waals surface area contributed by atoms with Crippen molar-refractivity contribution in [2.24, 2.45) is 0 Å². The van der Waals surface area contributed by atoms with Crippen LogP contribution in [-0.4, -0.2) is 25.5 Å². The second-order valence-electron chi connectivity index (χ2n) is 2.55. The van der Waals surface area contributed by atoms with Crippen molar-refractivity contribution in [3.8, 4) is 0 Å². The summed E-state index contributed by atoms with van der Waals surface area (Å²) in [6.07, 6.45) is -5.03. The first-order valence-corrected chi connectivity index (χ1v) is 4.91. The van der Waals surface area contributed by atoms with Crippen LogP contribution in [0, 0.1) is 0 Å². The smallest absolute Gasteiger partial charge is 0.284 e. The molecule has 78 valence electrons. The van der Waals surface area contributed by atoms with E-state index in [0.717, 1.165) is 0 Å². The highest BCUT2D eigenvalue weighted by atomic mass is 31.2. The van der Waals surface area contributed by atoms with Crippen molar-refractivity contribution >= 4 is 7.82 Å². The largest absolute Gasteiger partial charge is 0.475 e. The van der Waals surface area contributed by atoms with Gasteiger partial charge in [0.1, 0.15) is 0 Å². The Kier molecular flexibility index (Phi) is 3.01. The third-order valence-corrected chi connectivity index (χ3v) is 2.69. The number of rotatable bonds is 2. The Bertz CT molecular complexity index is 228. The fourth-order valence-corrected chi connectivity index (χ4v) is 2.09. The molecule has 4 nitrogen and oxygen atoms in total. The van der Waals surface area contributed by atoms with Crippen LogP contribution < -0.4 is 0 Å². The van der Waals surface area contributed by atoms with E-state index in [-0.39, 0.29) is 6.61 Å². The summed E-state index contributed by atoms with van der Waals surface area (Å²) in [5.74, 6) is 0. The van der Waals surface area contributed by atoms with Crippen molar-refractivity contribution in [1.82, 2.24) is 0 Å². The standard InChI is InChI=1S/C5H8F3O4P/c1-4-2-10-13(9,12-4)11-3-5(6,7)8/h4H,2-3H2,1H3. The van der Waals surface area contributed by atoms with Gasteiger partial charge in [0.2, 0.25) is 0 Å². The fourth-order valence-electron chi connectivity index (χ4n) is 0.697. The van der Waals surface area contributed by atoms with Crippen molar-refractivity contribution < 1.29 is 31.3 Å². The molecule has 0 N–H and O–H groups in total. The molecule has 0 saturated carbocycles. The highest BCUT2D eigenvalue weighted by molar-refractivity contribution is 7.48. The van der Waals surface area contributed by atoms with E-state index in [4.69, 9.17) is 0 Å². The average Bonchev–Trinajstić information content (AvgIpc) is 2.27. The lowest BCUT2D eigenvalue weighted by Gasteiger charge is -2.11. The molecule has 1 aliphatic rings. The maximum absolute atomic E-state index is 11.6. The summed E-state index contributed by atoms with van der Waals surface area (Å²) < 4.78 is 59.0. The zero-order chi connectivity index (χ0) is 10.1. The van der Waals surface area contributed by atoms with Crippen LogP contribution in [0.1, 0.15) is 6.92 Å². The minimum absolute atomic E-state index is 0.0187. The minimum Gasteiger partial charge on any atom is -0.284 e. The Morgan fingerprint density at radius 1 is 1.62 bits per heavy atom. The lowest BCUT2D eigenvalue weighted by atomic mass is 10.5. The number of halogens is 3. The molecule has 0 bridgehead atoms. The average molecular weight is 220 g/mol. The maximum atomic E-state index is 11.6. The van der Waals surface area contributed by atoms with E-state index in [1.54, 1.807) is 0 Å². The number of phosphoric acid groups is 1. The summed E-state index contributed by atoms with van der Waals surface area (Å²) in [4.78, 5) is 0. The van der Waals surface area contributed by atoms with E-state index in [2.05, 4.69) is 13.6 Å². The Morgan fingerprint density at radius 3 is 2.62 bits per heavy atom. The van der Waals surface area contributed by atoms with Crippen LogP contribution in [0.5, 0.6) is 0 Å². The summed E-state index contributed by atoms with van der Waals surface area (Å²) in [5.41, 5.74) is 0. The van der Waals surface area contributed by atoms with Crippen LogP contribution in [0.25, 0.3) is 0 Å². The molecule has 13 heavy (non-hydrogen) atoms. The molecule has 1 saturated heterocycles. The normalized spacial score (nSPS) is 35.2. The Hall–Kier alpha value is -0.100. The highest BCUT2D eigenvalue weighted by Crippen LogP contribution is 2.55. The fraction of sp³-hybridized carbons (Fsp3) is 1.00. The molecule has 8 heteroatoms. The van der Waals surface area contributed by atoms with Crippen molar-refractivity contribution in [3.63, 3.8) is 0 Å².